The molecule has 1 aromatic rings. The molecule has 1 aromatic carbocycles. The third-order valence-corrected chi connectivity index (χ3v) is 2.74. The van der Waals surface area contributed by atoms with Crippen LogP contribution in [0.4, 0.5) is 0 Å². The predicted octanol–water partition coefficient (Wildman–Crippen LogP) is 4.51. The lowest BCUT2D eigenvalue weighted by Gasteiger charge is -2.12. The monoisotopic (exact) mass is 226 g/mol. The van der Waals surface area contributed by atoms with Gasteiger partial charge in [0, 0.05) is 16.5 Å². The highest BCUT2D eigenvalue weighted by molar-refractivity contribution is 6.36. The Morgan fingerprint density at radius 3 is 2.36 bits per heavy atom. The van der Waals surface area contributed by atoms with Crippen LogP contribution in [-0.2, 0) is 0 Å². The molecule has 0 aliphatic rings. The summed E-state index contributed by atoms with van der Waals surface area (Å²) in [6.07, 6.45) is 0.792. The van der Waals surface area contributed by atoms with E-state index in [0.717, 1.165) is 22.0 Å². The molecule has 0 amide bonds. The molecule has 74 valence electrons. The van der Waals surface area contributed by atoms with Gasteiger partial charge in [-0.2, -0.15) is 0 Å². The summed E-state index contributed by atoms with van der Waals surface area (Å²) >= 11 is 12.1. The second kappa shape index (κ2) is 5.29. The van der Waals surface area contributed by atoms with E-state index in [9.17, 15) is 0 Å². The van der Waals surface area contributed by atoms with Gasteiger partial charge in [0.2, 0.25) is 0 Å². The molecule has 2 heteroatoms. The molecule has 1 rings (SSSR count). The SMILES string of the molecule is CC#CCC(C)c1c(Cl)cccc1Cl. The highest BCUT2D eigenvalue weighted by Crippen LogP contribution is 2.32. The van der Waals surface area contributed by atoms with E-state index in [1.54, 1.807) is 0 Å². The van der Waals surface area contributed by atoms with Crippen LogP contribution in [0.1, 0.15) is 31.7 Å². The van der Waals surface area contributed by atoms with Crippen molar-refractivity contribution in [2.24, 2.45) is 0 Å². The van der Waals surface area contributed by atoms with Gasteiger partial charge in [-0.05, 0) is 30.5 Å². The molecule has 0 heterocycles. The molecule has 0 fully saturated rings. The standard InChI is InChI=1S/C12H12Cl2/c1-3-4-6-9(2)12-10(13)7-5-8-11(12)14/h5,7-9H,6H2,1-2H3. The van der Waals surface area contributed by atoms with E-state index in [1.807, 2.05) is 25.1 Å². The van der Waals surface area contributed by atoms with E-state index in [0.29, 0.717) is 0 Å². The highest BCUT2D eigenvalue weighted by Gasteiger charge is 2.11. The van der Waals surface area contributed by atoms with E-state index >= 15 is 0 Å². The van der Waals surface area contributed by atoms with Crippen LogP contribution in [0.15, 0.2) is 18.2 Å². The molecule has 0 aliphatic carbocycles. The number of halogens is 2. The van der Waals surface area contributed by atoms with Gasteiger partial charge < -0.3 is 0 Å². The second-order valence-electron chi connectivity index (χ2n) is 3.17. The van der Waals surface area contributed by atoms with Gasteiger partial charge in [-0.25, -0.2) is 0 Å². The maximum Gasteiger partial charge on any atom is 0.0455 e. The number of hydrogen-bond acceptors (Lipinski definition) is 0. The Balaban J connectivity index is 2.97. The summed E-state index contributed by atoms with van der Waals surface area (Å²) in [5.41, 5.74) is 0.999. The topological polar surface area (TPSA) is 0 Å². The van der Waals surface area contributed by atoms with Crippen LogP contribution < -0.4 is 0 Å². The summed E-state index contributed by atoms with van der Waals surface area (Å²) in [4.78, 5) is 0. The summed E-state index contributed by atoms with van der Waals surface area (Å²) < 4.78 is 0. The first-order chi connectivity index (χ1) is 6.66. The molecule has 0 saturated carbocycles. The molecule has 14 heavy (non-hydrogen) atoms. The molecule has 0 saturated heterocycles. The van der Waals surface area contributed by atoms with Gasteiger partial charge >= 0.3 is 0 Å². The van der Waals surface area contributed by atoms with Crippen molar-refractivity contribution in [3.8, 4) is 11.8 Å². The normalized spacial score (nSPS) is 11.7. The van der Waals surface area contributed by atoms with Crippen molar-refractivity contribution < 1.29 is 0 Å². The van der Waals surface area contributed by atoms with Crippen molar-refractivity contribution in [2.45, 2.75) is 26.2 Å². The second-order valence-corrected chi connectivity index (χ2v) is 3.98. The third-order valence-electron chi connectivity index (χ3n) is 2.08. The zero-order valence-corrected chi connectivity index (χ0v) is 9.78. The van der Waals surface area contributed by atoms with Crippen LogP contribution in [0, 0.1) is 11.8 Å². The molecule has 1 unspecified atom stereocenters. The minimum Gasteiger partial charge on any atom is -0.107 e. The Labute approximate surface area is 95.2 Å². The molecule has 0 aliphatic heterocycles. The molecule has 1 atom stereocenters. The first kappa shape index (κ1) is 11.4. The summed E-state index contributed by atoms with van der Waals surface area (Å²) in [5.74, 6) is 6.19. The molecule has 0 radical (unpaired) electrons. The first-order valence-electron chi connectivity index (χ1n) is 4.50. The summed E-state index contributed by atoms with van der Waals surface area (Å²) in [6.45, 7) is 3.92. The first-order valence-corrected chi connectivity index (χ1v) is 5.26. The average Bonchev–Trinajstić information content (AvgIpc) is 2.14. The van der Waals surface area contributed by atoms with E-state index in [2.05, 4.69) is 18.8 Å². The van der Waals surface area contributed by atoms with Crippen molar-refractivity contribution in [3.05, 3.63) is 33.8 Å². The van der Waals surface area contributed by atoms with Crippen LogP contribution in [0.2, 0.25) is 10.0 Å². The molecular formula is C12H12Cl2. The van der Waals surface area contributed by atoms with Crippen molar-refractivity contribution >= 4 is 23.2 Å². The number of benzene rings is 1. The lowest BCUT2D eigenvalue weighted by Crippen LogP contribution is -1.94. The number of hydrogen-bond donors (Lipinski definition) is 0. The maximum atomic E-state index is 6.07. The van der Waals surface area contributed by atoms with Crippen LogP contribution >= 0.6 is 23.2 Å². The Morgan fingerprint density at radius 2 is 1.86 bits per heavy atom. The van der Waals surface area contributed by atoms with Crippen molar-refractivity contribution in [3.63, 3.8) is 0 Å². The van der Waals surface area contributed by atoms with Crippen LogP contribution in [0.3, 0.4) is 0 Å². The quantitative estimate of drug-likeness (QED) is 0.652. The summed E-state index contributed by atoms with van der Waals surface area (Å²) in [7, 11) is 0. The van der Waals surface area contributed by atoms with Crippen LogP contribution in [0.5, 0.6) is 0 Å². The van der Waals surface area contributed by atoms with E-state index in [1.165, 1.54) is 0 Å². The Hall–Kier alpha value is -0.640. The van der Waals surface area contributed by atoms with E-state index in [4.69, 9.17) is 23.2 Å². The molecule has 0 N–H and O–H groups in total. The van der Waals surface area contributed by atoms with E-state index in [-0.39, 0.29) is 5.92 Å². The minimum atomic E-state index is 0.281. The third kappa shape index (κ3) is 2.67. The molecular weight excluding hydrogens is 215 g/mol. The fourth-order valence-electron chi connectivity index (χ4n) is 1.34. The van der Waals surface area contributed by atoms with Gasteiger partial charge in [0.05, 0.1) is 0 Å². The lowest BCUT2D eigenvalue weighted by molar-refractivity contribution is 0.796. The zero-order valence-electron chi connectivity index (χ0n) is 8.27. The van der Waals surface area contributed by atoms with Crippen LogP contribution in [0.25, 0.3) is 0 Å². The van der Waals surface area contributed by atoms with Gasteiger partial charge in [0.15, 0.2) is 0 Å². The van der Waals surface area contributed by atoms with Gasteiger partial charge in [0.25, 0.3) is 0 Å². The average molecular weight is 227 g/mol. The van der Waals surface area contributed by atoms with Gasteiger partial charge in [-0.15, -0.1) is 11.8 Å². The Kier molecular flexibility index (Phi) is 4.32. The maximum absolute atomic E-state index is 6.07. The van der Waals surface area contributed by atoms with Gasteiger partial charge in [0.1, 0.15) is 0 Å². The molecule has 0 nitrogen and oxygen atoms in total. The van der Waals surface area contributed by atoms with Crippen molar-refractivity contribution in [1.82, 2.24) is 0 Å². The number of rotatable bonds is 2. The Bertz CT molecular complexity index is 351. The smallest absolute Gasteiger partial charge is 0.0455 e. The molecule has 0 bridgehead atoms. The van der Waals surface area contributed by atoms with E-state index < -0.39 is 0 Å². The molecule has 0 aromatic heterocycles. The zero-order chi connectivity index (χ0) is 10.6. The fraction of sp³-hybridized carbons (Fsp3) is 0.333. The summed E-state index contributed by atoms with van der Waals surface area (Å²) in [5, 5.41) is 1.45. The van der Waals surface area contributed by atoms with Gasteiger partial charge in [-0.3, -0.25) is 0 Å². The predicted molar refractivity (Wildman–Crippen MR) is 62.9 cm³/mol. The van der Waals surface area contributed by atoms with Crippen LogP contribution in [-0.4, -0.2) is 0 Å². The largest absolute Gasteiger partial charge is 0.107 e. The molecule has 0 spiro atoms. The Morgan fingerprint density at radius 1 is 1.29 bits per heavy atom. The minimum absolute atomic E-state index is 0.281. The van der Waals surface area contributed by atoms with Crippen molar-refractivity contribution in [1.29, 1.82) is 0 Å². The summed E-state index contributed by atoms with van der Waals surface area (Å²) in [6, 6.07) is 5.57. The lowest BCUT2D eigenvalue weighted by atomic mass is 9.98. The highest BCUT2D eigenvalue weighted by atomic mass is 35.5. The van der Waals surface area contributed by atoms with Gasteiger partial charge in [-0.1, -0.05) is 36.2 Å². The van der Waals surface area contributed by atoms with Crippen molar-refractivity contribution in [2.75, 3.05) is 0 Å². The fourth-order valence-corrected chi connectivity index (χ4v) is 2.11.